The number of carbonyl (C=O) groups is 1. The van der Waals surface area contributed by atoms with Crippen LogP contribution >= 0.6 is 23.2 Å². The predicted octanol–water partition coefficient (Wildman–Crippen LogP) is 2.22. The molecule has 1 aromatic rings. The first-order chi connectivity index (χ1) is 8.69. The Hall–Kier alpha value is -0.770. The van der Waals surface area contributed by atoms with Crippen LogP contribution in [-0.2, 0) is 11.3 Å². The minimum Gasteiger partial charge on any atom is -0.339 e. The molecule has 0 aromatic heterocycles. The Bertz CT molecular complexity index is 400. The number of nitrogens with zero attached hydrogens (tertiary/aromatic N) is 2. The fraction of sp³-hybridized carbons (Fsp3) is 0.462. The van der Waals surface area contributed by atoms with Crippen molar-refractivity contribution in [3.05, 3.63) is 34.9 Å². The van der Waals surface area contributed by atoms with E-state index in [0.29, 0.717) is 0 Å². The summed E-state index contributed by atoms with van der Waals surface area (Å²) in [5, 5.41) is 0.760. The lowest BCUT2D eigenvalue weighted by molar-refractivity contribution is -0.130. The van der Waals surface area contributed by atoms with Gasteiger partial charge in [-0.05, 0) is 17.7 Å². The molecule has 3 nitrogen and oxygen atoms in total. The summed E-state index contributed by atoms with van der Waals surface area (Å²) in [6, 6.07) is 7.89. The summed E-state index contributed by atoms with van der Waals surface area (Å²) >= 11 is 11.4. The lowest BCUT2D eigenvalue weighted by atomic mass is 10.2. The van der Waals surface area contributed by atoms with E-state index in [4.69, 9.17) is 23.2 Å². The zero-order valence-electron chi connectivity index (χ0n) is 10.1. The summed E-state index contributed by atoms with van der Waals surface area (Å²) in [6.07, 6.45) is 0. The third-order valence-corrected chi connectivity index (χ3v) is 3.64. The topological polar surface area (TPSA) is 23.6 Å². The van der Waals surface area contributed by atoms with Crippen molar-refractivity contribution in [2.24, 2.45) is 0 Å². The zero-order chi connectivity index (χ0) is 13.0. The summed E-state index contributed by atoms with van der Waals surface area (Å²) < 4.78 is 0. The molecule has 1 amide bonds. The Balaban J connectivity index is 1.83. The van der Waals surface area contributed by atoms with Crippen LogP contribution in [0.4, 0.5) is 0 Å². The second-order valence-corrected chi connectivity index (χ2v) is 5.12. The van der Waals surface area contributed by atoms with E-state index in [9.17, 15) is 4.79 Å². The van der Waals surface area contributed by atoms with Crippen molar-refractivity contribution in [1.29, 1.82) is 0 Å². The molecule has 1 aliphatic rings. The van der Waals surface area contributed by atoms with Gasteiger partial charge in [0.1, 0.15) is 5.88 Å². The van der Waals surface area contributed by atoms with Crippen LogP contribution in [0.5, 0.6) is 0 Å². The van der Waals surface area contributed by atoms with Gasteiger partial charge in [0.05, 0.1) is 0 Å². The van der Waals surface area contributed by atoms with Gasteiger partial charge in [0.25, 0.3) is 0 Å². The van der Waals surface area contributed by atoms with E-state index in [0.717, 1.165) is 37.7 Å². The highest BCUT2D eigenvalue weighted by Gasteiger charge is 2.20. The number of rotatable bonds is 3. The SMILES string of the molecule is O=C(CCl)N1CCN(Cc2ccc(Cl)cc2)CC1. The van der Waals surface area contributed by atoms with E-state index < -0.39 is 0 Å². The number of hydrogen-bond donors (Lipinski definition) is 0. The van der Waals surface area contributed by atoms with Crippen molar-refractivity contribution in [2.75, 3.05) is 32.1 Å². The van der Waals surface area contributed by atoms with Crippen LogP contribution in [0, 0.1) is 0 Å². The van der Waals surface area contributed by atoms with Crippen LogP contribution in [0.3, 0.4) is 0 Å². The van der Waals surface area contributed by atoms with Crippen molar-refractivity contribution in [2.45, 2.75) is 6.54 Å². The first-order valence-corrected chi connectivity index (χ1v) is 6.91. The summed E-state index contributed by atoms with van der Waals surface area (Å²) in [5.74, 6) is 0.111. The number of hydrogen-bond acceptors (Lipinski definition) is 2. The zero-order valence-corrected chi connectivity index (χ0v) is 11.6. The van der Waals surface area contributed by atoms with Crippen molar-refractivity contribution in [1.82, 2.24) is 9.80 Å². The molecule has 1 aliphatic heterocycles. The van der Waals surface area contributed by atoms with Gasteiger partial charge in [0, 0.05) is 37.7 Å². The first kappa shape index (κ1) is 13.7. The maximum absolute atomic E-state index is 11.4. The molecule has 0 unspecified atom stereocenters. The molecule has 0 spiro atoms. The molecule has 0 saturated carbocycles. The van der Waals surface area contributed by atoms with E-state index >= 15 is 0 Å². The number of alkyl halides is 1. The van der Waals surface area contributed by atoms with Gasteiger partial charge < -0.3 is 4.90 Å². The van der Waals surface area contributed by atoms with Crippen LogP contribution < -0.4 is 0 Å². The lowest BCUT2D eigenvalue weighted by Gasteiger charge is -2.34. The first-order valence-electron chi connectivity index (χ1n) is 5.99. The van der Waals surface area contributed by atoms with Crippen LogP contribution in [0.1, 0.15) is 5.56 Å². The number of benzene rings is 1. The van der Waals surface area contributed by atoms with Gasteiger partial charge in [0.2, 0.25) is 5.91 Å². The van der Waals surface area contributed by atoms with E-state index in [1.165, 1.54) is 5.56 Å². The van der Waals surface area contributed by atoms with Gasteiger partial charge in [-0.1, -0.05) is 23.7 Å². The Labute approximate surface area is 117 Å². The maximum atomic E-state index is 11.4. The summed E-state index contributed by atoms with van der Waals surface area (Å²) in [7, 11) is 0. The molecule has 1 fully saturated rings. The molecule has 1 aromatic carbocycles. The summed E-state index contributed by atoms with van der Waals surface area (Å²) in [4.78, 5) is 15.6. The van der Waals surface area contributed by atoms with Crippen LogP contribution in [-0.4, -0.2) is 47.8 Å². The molecule has 98 valence electrons. The molecular formula is C13H16Cl2N2O. The molecule has 0 aliphatic carbocycles. The van der Waals surface area contributed by atoms with Gasteiger partial charge in [0.15, 0.2) is 0 Å². The largest absolute Gasteiger partial charge is 0.339 e. The molecule has 5 heteroatoms. The lowest BCUT2D eigenvalue weighted by Crippen LogP contribution is -2.48. The minimum atomic E-state index is 0.0304. The van der Waals surface area contributed by atoms with Crippen molar-refractivity contribution < 1.29 is 4.79 Å². The van der Waals surface area contributed by atoms with Gasteiger partial charge >= 0.3 is 0 Å². The molecule has 2 rings (SSSR count). The number of piperazine rings is 1. The highest BCUT2D eigenvalue weighted by molar-refractivity contribution is 6.30. The van der Waals surface area contributed by atoms with E-state index in [1.54, 1.807) is 0 Å². The van der Waals surface area contributed by atoms with Crippen LogP contribution in [0.2, 0.25) is 5.02 Å². The smallest absolute Gasteiger partial charge is 0.237 e. The minimum absolute atomic E-state index is 0.0304. The van der Waals surface area contributed by atoms with Gasteiger partial charge in [-0.15, -0.1) is 11.6 Å². The highest BCUT2D eigenvalue weighted by atomic mass is 35.5. The van der Waals surface area contributed by atoms with Crippen LogP contribution in [0.25, 0.3) is 0 Å². The number of carbonyl (C=O) groups excluding carboxylic acids is 1. The molecule has 0 bridgehead atoms. The standard InChI is InChI=1S/C13H16Cl2N2O/c14-9-13(18)17-7-5-16(6-8-17)10-11-1-3-12(15)4-2-11/h1-4H,5-10H2. The molecule has 1 heterocycles. The summed E-state index contributed by atoms with van der Waals surface area (Å²) in [5.41, 5.74) is 1.25. The summed E-state index contributed by atoms with van der Waals surface area (Å²) in [6.45, 7) is 4.22. The highest BCUT2D eigenvalue weighted by Crippen LogP contribution is 2.13. The van der Waals surface area contributed by atoms with Crippen molar-refractivity contribution in [3.63, 3.8) is 0 Å². The average molecular weight is 287 g/mol. The van der Waals surface area contributed by atoms with Gasteiger partial charge in [-0.3, -0.25) is 9.69 Å². The molecule has 18 heavy (non-hydrogen) atoms. The second-order valence-electron chi connectivity index (χ2n) is 4.42. The normalized spacial score (nSPS) is 16.9. The quantitative estimate of drug-likeness (QED) is 0.796. The second kappa shape index (κ2) is 6.41. The average Bonchev–Trinajstić information content (AvgIpc) is 2.41. The Morgan fingerprint density at radius 2 is 1.72 bits per heavy atom. The molecular weight excluding hydrogens is 271 g/mol. The van der Waals surface area contributed by atoms with E-state index in [-0.39, 0.29) is 11.8 Å². The number of halogens is 2. The third kappa shape index (κ3) is 3.61. The Morgan fingerprint density at radius 1 is 1.11 bits per heavy atom. The van der Waals surface area contributed by atoms with E-state index in [1.807, 2.05) is 29.2 Å². The fourth-order valence-electron chi connectivity index (χ4n) is 2.09. The molecule has 1 saturated heterocycles. The Kier molecular flexibility index (Phi) is 4.87. The third-order valence-electron chi connectivity index (χ3n) is 3.16. The maximum Gasteiger partial charge on any atom is 0.237 e. The number of amides is 1. The van der Waals surface area contributed by atoms with Gasteiger partial charge in [-0.2, -0.15) is 0 Å². The predicted molar refractivity (Wildman–Crippen MR) is 74.0 cm³/mol. The van der Waals surface area contributed by atoms with Crippen molar-refractivity contribution in [3.8, 4) is 0 Å². The fourth-order valence-corrected chi connectivity index (χ4v) is 2.38. The Morgan fingerprint density at radius 3 is 2.28 bits per heavy atom. The van der Waals surface area contributed by atoms with Crippen LogP contribution in [0.15, 0.2) is 24.3 Å². The molecule has 0 N–H and O–H groups in total. The monoisotopic (exact) mass is 286 g/mol. The molecule has 0 atom stereocenters. The molecule has 0 radical (unpaired) electrons. The van der Waals surface area contributed by atoms with E-state index in [2.05, 4.69) is 4.90 Å². The van der Waals surface area contributed by atoms with Gasteiger partial charge in [-0.25, -0.2) is 0 Å². The van der Waals surface area contributed by atoms with Crippen molar-refractivity contribution >= 4 is 29.1 Å².